The molecule has 1 aliphatic heterocycles. The van der Waals surface area contributed by atoms with Crippen LogP contribution in [-0.4, -0.2) is 41.9 Å². The van der Waals surface area contributed by atoms with Crippen molar-refractivity contribution < 1.29 is 9.18 Å². The summed E-state index contributed by atoms with van der Waals surface area (Å²) in [5.74, 6) is 0.336. The molecule has 7 nitrogen and oxygen atoms in total. The third-order valence-corrected chi connectivity index (χ3v) is 4.76. The van der Waals surface area contributed by atoms with Crippen molar-refractivity contribution in [3.8, 4) is 11.5 Å². The van der Waals surface area contributed by atoms with Crippen molar-refractivity contribution in [3.05, 3.63) is 53.2 Å². The summed E-state index contributed by atoms with van der Waals surface area (Å²) in [6.45, 7) is 1.10. The van der Waals surface area contributed by atoms with E-state index in [0.717, 1.165) is 23.4 Å². The number of fused-ring (bicyclic) bond motifs is 1. The van der Waals surface area contributed by atoms with Crippen LogP contribution in [0, 0.1) is 5.82 Å². The summed E-state index contributed by atoms with van der Waals surface area (Å²) in [5, 5.41) is 12.7. The van der Waals surface area contributed by atoms with Gasteiger partial charge in [0.2, 0.25) is 5.91 Å². The lowest BCUT2D eigenvalue weighted by atomic mass is 10.0. The monoisotopic (exact) mass is 354 g/mol. The van der Waals surface area contributed by atoms with Gasteiger partial charge in [-0.25, -0.2) is 4.39 Å². The van der Waals surface area contributed by atoms with Gasteiger partial charge < -0.3 is 9.47 Å². The summed E-state index contributed by atoms with van der Waals surface area (Å²) < 4.78 is 17.0. The summed E-state index contributed by atoms with van der Waals surface area (Å²) in [5.41, 5.74) is 3.55. The number of aryl methyl sites for hydroxylation is 2. The van der Waals surface area contributed by atoms with Crippen LogP contribution in [0.5, 0.6) is 0 Å². The predicted molar refractivity (Wildman–Crippen MR) is 92.4 cm³/mol. The number of nitrogens with zero attached hydrogens (tertiary/aromatic N) is 6. The van der Waals surface area contributed by atoms with Crippen molar-refractivity contribution in [2.45, 2.75) is 19.4 Å². The van der Waals surface area contributed by atoms with Crippen molar-refractivity contribution in [1.82, 2.24) is 29.4 Å². The Bertz CT molecular complexity index is 976. The zero-order chi connectivity index (χ0) is 18.3. The molecule has 1 aliphatic rings. The minimum Gasteiger partial charge on any atom is -0.338 e. The Balaban J connectivity index is 1.59. The smallest absolute Gasteiger partial charge is 0.227 e. The first-order valence-corrected chi connectivity index (χ1v) is 8.44. The maximum Gasteiger partial charge on any atom is 0.227 e. The van der Waals surface area contributed by atoms with E-state index in [9.17, 15) is 9.18 Å². The maximum atomic E-state index is 13.4. The van der Waals surface area contributed by atoms with Gasteiger partial charge in [0.25, 0.3) is 0 Å². The van der Waals surface area contributed by atoms with E-state index < -0.39 is 0 Å². The summed E-state index contributed by atoms with van der Waals surface area (Å²) in [6, 6.07) is 6.18. The van der Waals surface area contributed by atoms with Crippen LogP contribution in [-0.2, 0) is 38.3 Å². The number of hydrogen-bond donors (Lipinski definition) is 0. The van der Waals surface area contributed by atoms with E-state index >= 15 is 0 Å². The summed E-state index contributed by atoms with van der Waals surface area (Å²) >= 11 is 0. The van der Waals surface area contributed by atoms with Gasteiger partial charge in [-0.05, 0) is 17.7 Å². The van der Waals surface area contributed by atoms with Gasteiger partial charge in [0, 0.05) is 44.9 Å². The van der Waals surface area contributed by atoms with Crippen LogP contribution in [0.25, 0.3) is 11.5 Å². The molecule has 1 amide bonds. The summed E-state index contributed by atoms with van der Waals surface area (Å²) in [4.78, 5) is 14.5. The molecule has 0 unspecified atom stereocenters. The van der Waals surface area contributed by atoms with E-state index in [4.69, 9.17) is 0 Å². The zero-order valence-electron chi connectivity index (χ0n) is 14.7. The third-order valence-electron chi connectivity index (χ3n) is 4.76. The van der Waals surface area contributed by atoms with Gasteiger partial charge in [-0.3, -0.25) is 9.48 Å². The van der Waals surface area contributed by atoms with Gasteiger partial charge in [-0.1, -0.05) is 12.1 Å². The molecule has 0 aliphatic carbocycles. The largest absolute Gasteiger partial charge is 0.338 e. The molecule has 3 aromatic rings. The number of hydrogen-bond acceptors (Lipinski definition) is 4. The molecular weight excluding hydrogens is 335 g/mol. The van der Waals surface area contributed by atoms with Crippen LogP contribution in [0.3, 0.4) is 0 Å². The molecule has 0 N–H and O–H groups in total. The molecule has 3 heterocycles. The molecule has 134 valence electrons. The van der Waals surface area contributed by atoms with Crippen molar-refractivity contribution in [1.29, 1.82) is 0 Å². The van der Waals surface area contributed by atoms with E-state index in [1.54, 1.807) is 23.4 Å². The fraction of sp³-hybridized carbons (Fsp3) is 0.333. The fourth-order valence-corrected chi connectivity index (χ4v) is 3.42. The molecule has 0 saturated carbocycles. The van der Waals surface area contributed by atoms with Gasteiger partial charge in [0.05, 0.1) is 6.42 Å². The molecule has 8 heteroatoms. The minimum absolute atomic E-state index is 0.0194. The summed E-state index contributed by atoms with van der Waals surface area (Å²) in [6.07, 6.45) is 2.55. The van der Waals surface area contributed by atoms with Crippen molar-refractivity contribution >= 4 is 5.91 Å². The van der Waals surface area contributed by atoms with Crippen molar-refractivity contribution in [2.24, 2.45) is 14.1 Å². The molecule has 26 heavy (non-hydrogen) atoms. The average molecular weight is 354 g/mol. The van der Waals surface area contributed by atoms with Crippen LogP contribution >= 0.6 is 0 Å². The molecule has 2 aromatic heterocycles. The first kappa shape index (κ1) is 16.4. The lowest BCUT2D eigenvalue weighted by Gasteiger charge is -2.27. The number of halogens is 1. The average Bonchev–Trinajstić information content (AvgIpc) is 3.18. The first-order valence-electron chi connectivity index (χ1n) is 8.44. The van der Waals surface area contributed by atoms with Gasteiger partial charge in [0.1, 0.15) is 17.8 Å². The van der Waals surface area contributed by atoms with Crippen LogP contribution in [0.15, 0.2) is 30.6 Å². The van der Waals surface area contributed by atoms with Crippen LogP contribution in [0.1, 0.15) is 16.8 Å². The van der Waals surface area contributed by atoms with Crippen LogP contribution < -0.4 is 0 Å². The highest BCUT2D eigenvalue weighted by molar-refractivity contribution is 5.79. The molecule has 0 atom stereocenters. The van der Waals surface area contributed by atoms with Crippen LogP contribution in [0.2, 0.25) is 0 Å². The topological polar surface area (TPSA) is 68.8 Å². The molecule has 0 spiro atoms. The zero-order valence-corrected chi connectivity index (χ0v) is 14.7. The Morgan fingerprint density at radius 3 is 2.88 bits per heavy atom. The van der Waals surface area contributed by atoms with Gasteiger partial charge in [0.15, 0.2) is 5.82 Å². The molecule has 1 aromatic carbocycles. The number of rotatable bonds is 3. The first-order chi connectivity index (χ1) is 12.5. The normalized spacial score (nSPS) is 13.7. The Morgan fingerprint density at radius 2 is 2.15 bits per heavy atom. The molecule has 0 fully saturated rings. The Hall–Kier alpha value is -3.03. The van der Waals surface area contributed by atoms with Crippen molar-refractivity contribution in [2.75, 3.05) is 6.54 Å². The minimum atomic E-state index is -0.326. The SMILES string of the molecule is Cn1cnnc1-c1nn(C)c2c1CN(C(=O)Cc1cccc(F)c1)CC2. The van der Waals surface area contributed by atoms with E-state index in [2.05, 4.69) is 15.3 Å². The third kappa shape index (κ3) is 2.87. The molecule has 0 saturated heterocycles. The summed E-state index contributed by atoms with van der Waals surface area (Å²) in [7, 11) is 3.77. The highest BCUT2D eigenvalue weighted by Crippen LogP contribution is 2.28. The van der Waals surface area contributed by atoms with E-state index in [1.807, 2.05) is 23.3 Å². The highest BCUT2D eigenvalue weighted by atomic mass is 19.1. The van der Waals surface area contributed by atoms with E-state index in [0.29, 0.717) is 24.5 Å². The molecule has 0 bridgehead atoms. The second-order valence-electron chi connectivity index (χ2n) is 6.53. The van der Waals surface area contributed by atoms with Gasteiger partial charge in [-0.2, -0.15) is 5.10 Å². The second-order valence-corrected chi connectivity index (χ2v) is 6.53. The maximum absolute atomic E-state index is 13.4. The number of carbonyl (C=O) groups excluding carboxylic acids is 1. The lowest BCUT2D eigenvalue weighted by Crippen LogP contribution is -2.37. The lowest BCUT2D eigenvalue weighted by molar-refractivity contribution is -0.131. The Kier molecular flexibility index (Phi) is 4.02. The number of aromatic nitrogens is 5. The number of benzene rings is 1. The van der Waals surface area contributed by atoms with E-state index in [-0.39, 0.29) is 18.1 Å². The molecule has 4 rings (SSSR count). The predicted octanol–water partition coefficient (Wildman–Crippen LogP) is 1.48. The standard InChI is InChI=1S/C18H19FN6O/c1-23-11-20-21-18(23)17-14-10-25(7-6-15(14)24(2)22-17)16(26)9-12-4-3-5-13(19)8-12/h3-5,8,11H,6-7,9-10H2,1-2H3. The number of carbonyl (C=O) groups is 1. The highest BCUT2D eigenvalue weighted by Gasteiger charge is 2.28. The Morgan fingerprint density at radius 1 is 1.31 bits per heavy atom. The number of amides is 1. The fourth-order valence-electron chi connectivity index (χ4n) is 3.42. The van der Waals surface area contributed by atoms with Gasteiger partial charge in [-0.15, -0.1) is 10.2 Å². The second kappa shape index (κ2) is 6.36. The van der Waals surface area contributed by atoms with Crippen molar-refractivity contribution in [3.63, 3.8) is 0 Å². The quantitative estimate of drug-likeness (QED) is 0.714. The molecule has 0 radical (unpaired) electrons. The Labute approximate surface area is 150 Å². The van der Waals surface area contributed by atoms with E-state index in [1.165, 1.54) is 12.1 Å². The van der Waals surface area contributed by atoms with Gasteiger partial charge >= 0.3 is 0 Å². The van der Waals surface area contributed by atoms with Crippen LogP contribution in [0.4, 0.5) is 4.39 Å². The molecular formula is C18H19FN6O.